The number of sulfonamides is 1. The zero-order chi connectivity index (χ0) is 20.4. The van der Waals surface area contributed by atoms with Gasteiger partial charge in [-0.3, -0.25) is 4.79 Å². The Morgan fingerprint density at radius 2 is 1.66 bits per heavy atom. The van der Waals surface area contributed by atoms with Crippen LogP contribution in [0.4, 0.5) is 5.69 Å². The Hall–Kier alpha value is -2.75. The molecule has 0 bridgehead atoms. The minimum absolute atomic E-state index is 0.0639. The van der Waals surface area contributed by atoms with Gasteiger partial charge in [0.25, 0.3) is 5.91 Å². The van der Waals surface area contributed by atoms with Crippen molar-refractivity contribution in [3.63, 3.8) is 0 Å². The van der Waals surface area contributed by atoms with Crippen molar-refractivity contribution in [2.75, 3.05) is 18.4 Å². The largest absolute Gasteiger partial charge is 0.322 e. The van der Waals surface area contributed by atoms with Gasteiger partial charge in [-0.2, -0.15) is 19.3 Å². The second-order valence-corrected chi connectivity index (χ2v) is 8.92. The number of carbonyl (C=O) groups excluding carboxylic acids is 1. The predicted molar refractivity (Wildman–Crippen MR) is 109 cm³/mol. The molecule has 1 saturated heterocycles. The third-order valence-corrected chi connectivity index (χ3v) is 6.88. The van der Waals surface area contributed by atoms with E-state index in [0.717, 1.165) is 18.5 Å². The lowest BCUT2D eigenvalue weighted by Gasteiger charge is -2.16. The molecule has 0 saturated carbocycles. The molecule has 1 aromatic heterocycles. The van der Waals surface area contributed by atoms with Crippen molar-refractivity contribution in [1.29, 1.82) is 0 Å². The van der Waals surface area contributed by atoms with Gasteiger partial charge in [0.15, 0.2) is 0 Å². The zero-order valence-electron chi connectivity index (χ0n) is 15.3. The van der Waals surface area contributed by atoms with Gasteiger partial charge in [-0.05, 0) is 55.3 Å². The minimum atomic E-state index is -3.64. The molecule has 3 aromatic rings. The van der Waals surface area contributed by atoms with Gasteiger partial charge in [-0.1, -0.05) is 11.6 Å². The normalized spacial score (nSPS) is 14.8. The van der Waals surface area contributed by atoms with E-state index < -0.39 is 15.9 Å². The molecule has 2 aromatic carbocycles. The van der Waals surface area contributed by atoms with E-state index in [-0.39, 0.29) is 15.5 Å². The number of anilines is 1. The molecule has 2 heterocycles. The van der Waals surface area contributed by atoms with E-state index in [1.165, 1.54) is 27.3 Å². The van der Waals surface area contributed by atoms with Gasteiger partial charge in [0.2, 0.25) is 10.0 Å². The van der Waals surface area contributed by atoms with E-state index in [1.54, 1.807) is 36.7 Å². The summed E-state index contributed by atoms with van der Waals surface area (Å²) in [5.74, 6) is -0.488. The first-order valence-corrected chi connectivity index (χ1v) is 10.8. The van der Waals surface area contributed by atoms with Crippen LogP contribution >= 0.6 is 11.6 Å². The number of amides is 1. The summed E-state index contributed by atoms with van der Waals surface area (Å²) in [7, 11) is -3.64. The summed E-state index contributed by atoms with van der Waals surface area (Å²) in [6.45, 7) is 0.980. The lowest BCUT2D eigenvalue weighted by atomic mass is 10.2. The number of halogens is 1. The van der Waals surface area contributed by atoms with Gasteiger partial charge in [0.05, 0.1) is 33.6 Å². The molecule has 1 N–H and O–H groups in total. The van der Waals surface area contributed by atoms with E-state index in [4.69, 9.17) is 11.6 Å². The van der Waals surface area contributed by atoms with Gasteiger partial charge >= 0.3 is 0 Å². The van der Waals surface area contributed by atoms with Gasteiger partial charge in [-0.15, -0.1) is 0 Å². The lowest BCUT2D eigenvalue weighted by Crippen LogP contribution is -2.28. The van der Waals surface area contributed by atoms with E-state index in [1.807, 2.05) is 0 Å². The van der Waals surface area contributed by atoms with E-state index in [0.29, 0.717) is 18.8 Å². The summed E-state index contributed by atoms with van der Waals surface area (Å²) < 4.78 is 27.0. The van der Waals surface area contributed by atoms with Crippen LogP contribution in [0.25, 0.3) is 5.69 Å². The van der Waals surface area contributed by atoms with Crippen molar-refractivity contribution < 1.29 is 13.2 Å². The monoisotopic (exact) mass is 431 g/mol. The predicted octanol–water partition coefficient (Wildman–Crippen LogP) is 2.96. The first kappa shape index (κ1) is 19.6. The van der Waals surface area contributed by atoms with Gasteiger partial charge in [-0.25, -0.2) is 8.42 Å². The molecule has 1 aliphatic rings. The first-order valence-electron chi connectivity index (χ1n) is 9.03. The molecule has 8 nitrogen and oxygen atoms in total. The molecule has 150 valence electrons. The quantitative estimate of drug-likeness (QED) is 0.669. The minimum Gasteiger partial charge on any atom is -0.322 e. The van der Waals surface area contributed by atoms with Crippen LogP contribution in [-0.2, 0) is 10.0 Å². The highest BCUT2D eigenvalue weighted by Gasteiger charge is 2.28. The van der Waals surface area contributed by atoms with Crippen molar-refractivity contribution in [2.45, 2.75) is 17.7 Å². The highest BCUT2D eigenvalue weighted by Crippen LogP contribution is 2.26. The second kappa shape index (κ2) is 7.94. The third-order valence-electron chi connectivity index (χ3n) is 4.66. The van der Waals surface area contributed by atoms with Gasteiger partial charge in [0.1, 0.15) is 0 Å². The Balaban J connectivity index is 1.55. The van der Waals surface area contributed by atoms with Gasteiger partial charge in [0, 0.05) is 18.8 Å². The van der Waals surface area contributed by atoms with Crippen LogP contribution in [0.3, 0.4) is 0 Å². The van der Waals surface area contributed by atoms with Crippen molar-refractivity contribution in [2.24, 2.45) is 0 Å². The van der Waals surface area contributed by atoms with Crippen LogP contribution in [0.2, 0.25) is 5.02 Å². The first-order chi connectivity index (χ1) is 13.9. The fourth-order valence-electron chi connectivity index (χ4n) is 3.14. The molecule has 0 unspecified atom stereocenters. The Labute approximate surface area is 173 Å². The number of nitrogens with zero attached hydrogens (tertiary/aromatic N) is 4. The van der Waals surface area contributed by atoms with Gasteiger partial charge < -0.3 is 5.32 Å². The molecule has 0 atom stereocenters. The molecule has 1 amide bonds. The number of rotatable bonds is 5. The molecule has 29 heavy (non-hydrogen) atoms. The van der Waals surface area contributed by atoms with Crippen LogP contribution in [0.15, 0.2) is 59.8 Å². The van der Waals surface area contributed by atoms with Crippen molar-refractivity contribution in [3.8, 4) is 5.69 Å². The molecule has 10 heteroatoms. The number of hydrogen-bond donors (Lipinski definition) is 1. The summed E-state index contributed by atoms with van der Waals surface area (Å²) in [6, 6.07) is 11.1. The van der Waals surface area contributed by atoms with Crippen LogP contribution in [0.1, 0.15) is 23.2 Å². The summed E-state index contributed by atoms with van der Waals surface area (Å²) in [6.07, 6.45) is 4.82. The van der Waals surface area contributed by atoms with Crippen LogP contribution < -0.4 is 5.32 Å². The van der Waals surface area contributed by atoms with Crippen molar-refractivity contribution in [3.05, 3.63) is 65.4 Å². The fraction of sp³-hybridized carbons (Fsp3) is 0.211. The van der Waals surface area contributed by atoms with Crippen molar-refractivity contribution >= 4 is 33.2 Å². The smallest absolute Gasteiger partial charge is 0.257 e. The van der Waals surface area contributed by atoms with Crippen LogP contribution in [0.5, 0.6) is 0 Å². The highest BCUT2D eigenvalue weighted by atomic mass is 35.5. The summed E-state index contributed by atoms with van der Waals surface area (Å²) in [5, 5.41) is 11.0. The molecule has 0 aliphatic carbocycles. The zero-order valence-corrected chi connectivity index (χ0v) is 16.9. The highest BCUT2D eigenvalue weighted by molar-refractivity contribution is 7.89. The summed E-state index contributed by atoms with van der Waals surface area (Å²) in [5.41, 5.74) is 1.38. The number of aromatic nitrogens is 3. The Morgan fingerprint density at radius 3 is 2.31 bits per heavy atom. The molecular formula is C19H18ClN5O3S. The van der Waals surface area contributed by atoms with Crippen molar-refractivity contribution in [1.82, 2.24) is 19.3 Å². The summed E-state index contributed by atoms with van der Waals surface area (Å²) >= 11 is 6.17. The van der Waals surface area contributed by atoms with E-state index in [9.17, 15) is 13.2 Å². The molecule has 1 aliphatic heterocycles. The SMILES string of the molecule is O=C(Nc1ccc(-n2nccn2)cc1)c1cc(S(=O)(=O)N2CCCC2)ccc1Cl. The molecule has 4 rings (SSSR count). The number of nitrogens with one attached hydrogen (secondary N) is 1. The average Bonchev–Trinajstić information content (AvgIpc) is 3.43. The molecule has 1 fully saturated rings. The van der Waals surface area contributed by atoms with E-state index in [2.05, 4.69) is 15.5 Å². The van der Waals surface area contributed by atoms with E-state index >= 15 is 0 Å². The number of hydrogen-bond acceptors (Lipinski definition) is 5. The standard InChI is InChI=1S/C19H18ClN5O3S/c20-18-8-7-16(29(27,28)24-11-1-2-12-24)13-17(18)19(26)23-14-3-5-15(6-4-14)25-21-9-10-22-25/h3-10,13H,1-2,11-12H2,(H,23,26). The topological polar surface area (TPSA) is 97.2 Å². The average molecular weight is 432 g/mol. The molecule has 0 spiro atoms. The fourth-order valence-corrected chi connectivity index (χ4v) is 4.89. The Morgan fingerprint density at radius 1 is 1.00 bits per heavy atom. The molecular weight excluding hydrogens is 414 g/mol. The molecule has 0 radical (unpaired) electrons. The maximum atomic E-state index is 12.8. The Bertz CT molecular complexity index is 1130. The number of carbonyl (C=O) groups is 1. The maximum absolute atomic E-state index is 12.8. The lowest BCUT2D eigenvalue weighted by molar-refractivity contribution is 0.102. The number of benzene rings is 2. The summed E-state index contributed by atoms with van der Waals surface area (Å²) in [4.78, 5) is 14.2. The van der Waals surface area contributed by atoms with Crippen LogP contribution in [0, 0.1) is 0 Å². The maximum Gasteiger partial charge on any atom is 0.257 e. The Kier molecular flexibility index (Phi) is 5.35. The van der Waals surface area contributed by atoms with Crippen LogP contribution in [-0.4, -0.2) is 46.7 Å². The third kappa shape index (κ3) is 4.02. The second-order valence-electron chi connectivity index (χ2n) is 6.57.